The van der Waals surface area contributed by atoms with Gasteiger partial charge in [0.1, 0.15) is 6.04 Å². The number of carbonyl (C=O) groups excluding carboxylic acids is 2. The molecule has 9 heteroatoms. The van der Waals surface area contributed by atoms with E-state index < -0.39 is 28.5 Å². The van der Waals surface area contributed by atoms with Gasteiger partial charge in [0.25, 0.3) is 0 Å². The number of rotatable bonds is 10. The Kier molecular flexibility index (Phi) is 9.11. The molecule has 0 heterocycles. The van der Waals surface area contributed by atoms with Crippen LogP contribution in [0.2, 0.25) is 5.02 Å². The Morgan fingerprint density at radius 1 is 0.972 bits per heavy atom. The van der Waals surface area contributed by atoms with Crippen molar-refractivity contribution >= 4 is 44.2 Å². The number of hydrogen-bond acceptors (Lipinski definition) is 4. The normalized spacial score (nSPS) is 13.4. The molecule has 0 aromatic heterocycles. The van der Waals surface area contributed by atoms with E-state index in [1.165, 1.54) is 18.0 Å². The number of halogens is 1. The van der Waals surface area contributed by atoms with Gasteiger partial charge in [0, 0.05) is 24.7 Å². The fourth-order valence-corrected chi connectivity index (χ4v) is 5.08. The third kappa shape index (κ3) is 6.43. The number of hydrogen-bond donors (Lipinski definition) is 1. The van der Waals surface area contributed by atoms with Crippen LogP contribution in [0.1, 0.15) is 32.8 Å². The van der Waals surface area contributed by atoms with Crippen LogP contribution in [0, 0.1) is 0 Å². The lowest BCUT2D eigenvalue weighted by Crippen LogP contribution is -2.51. The fourth-order valence-electron chi connectivity index (χ4n) is 3.73. The molecule has 0 saturated heterocycles. The van der Waals surface area contributed by atoms with E-state index in [0.29, 0.717) is 10.6 Å². The molecule has 0 aliphatic heterocycles. The predicted octanol–water partition coefficient (Wildman–Crippen LogP) is 4.45. The van der Waals surface area contributed by atoms with Crippen LogP contribution in [-0.4, -0.2) is 55.1 Å². The van der Waals surface area contributed by atoms with Gasteiger partial charge < -0.3 is 10.2 Å². The van der Waals surface area contributed by atoms with Crippen molar-refractivity contribution in [2.24, 2.45) is 0 Å². The molecule has 0 aliphatic rings. The van der Waals surface area contributed by atoms with E-state index in [0.717, 1.165) is 21.5 Å². The number of carbonyl (C=O) groups is 2. The Labute approximate surface area is 218 Å². The van der Waals surface area contributed by atoms with Crippen molar-refractivity contribution in [3.63, 3.8) is 0 Å². The van der Waals surface area contributed by atoms with E-state index in [1.807, 2.05) is 38.1 Å². The summed E-state index contributed by atoms with van der Waals surface area (Å²) in [7, 11) is -2.59. The molecule has 0 aliphatic carbocycles. The highest BCUT2D eigenvalue weighted by atomic mass is 35.5. The van der Waals surface area contributed by atoms with E-state index in [-0.39, 0.29) is 23.4 Å². The van der Waals surface area contributed by atoms with E-state index in [4.69, 9.17) is 11.6 Å². The Morgan fingerprint density at radius 2 is 1.61 bits per heavy atom. The molecule has 0 saturated carbocycles. The number of amides is 2. The minimum absolute atomic E-state index is 0.0619. The van der Waals surface area contributed by atoms with Crippen LogP contribution < -0.4 is 5.32 Å². The number of sulfonamides is 1. The fraction of sp³-hybridized carbons (Fsp3) is 0.333. The Hall–Kier alpha value is -2.94. The van der Waals surface area contributed by atoms with E-state index in [9.17, 15) is 18.0 Å². The molecule has 2 atom stereocenters. The first kappa shape index (κ1) is 27.6. The molecule has 36 heavy (non-hydrogen) atoms. The van der Waals surface area contributed by atoms with Crippen molar-refractivity contribution < 1.29 is 18.0 Å². The molecular formula is C27H32ClN3O4S. The second-order valence-corrected chi connectivity index (χ2v) is 11.3. The molecule has 3 rings (SSSR count). The van der Waals surface area contributed by atoms with Gasteiger partial charge >= 0.3 is 0 Å². The molecule has 3 aromatic rings. The monoisotopic (exact) mass is 529 g/mol. The SMILES string of the molecule is CC[C@@H](C)NC(=O)[C@H](C)N(Cc1ccccc1Cl)C(=O)CN(C)S(=O)(=O)c1ccc2ccccc2c1. The molecule has 0 bridgehead atoms. The summed E-state index contributed by atoms with van der Waals surface area (Å²) in [4.78, 5) is 27.8. The Balaban J connectivity index is 1.86. The molecule has 192 valence electrons. The maximum absolute atomic E-state index is 13.5. The van der Waals surface area contributed by atoms with Gasteiger partial charge in [-0.05, 0) is 54.8 Å². The summed E-state index contributed by atoms with van der Waals surface area (Å²) in [6.07, 6.45) is 0.740. The standard InChI is InChI=1S/C27H32ClN3O4S/c1-5-19(2)29-27(33)20(3)31(17-23-12-8-9-13-25(23)28)26(32)18-30(4)36(34,35)24-15-14-21-10-6-7-11-22(21)16-24/h6-16,19-20H,5,17-18H2,1-4H3,(H,29,33)/t19-,20+/m1/s1. The highest BCUT2D eigenvalue weighted by molar-refractivity contribution is 7.89. The van der Waals surface area contributed by atoms with Crippen molar-refractivity contribution in [2.45, 2.75) is 50.7 Å². The van der Waals surface area contributed by atoms with Gasteiger partial charge in [0.2, 0.25) is 21.8 Å². The summed E-state index contributed by atoms with van der Waals surface area (Å²) in [6, 6.07) is 18.5. The minimum Gasteiger partial charge on any atom is -0.352 e. The highest BCUT2D eigenvalue weighted by Gasteiger charge is 2.31. The molecule has 7 nitrogen and oxygen atoms in total. The van der Waals surface area contributed by atoms with E-state index >= 15 is 0 Å². The minimum atomic E-state index is -3.95. The lowest BCUT2D eigenvalue weighted by atomic mass is 10.1. The second kappa shape index (κ2) is 11.9. The molecule has 3 aromatic carbocycles. The quantitative estimate of drug-likeness (QED) is 0.420. The van der Waals surface area contributed by atoms with Gasteiger partial charge in [-0.15, -0.1) is 0 Å². The maximum Gasteiger partial charge on any atom is 0.243 e. The van der Waals surface area contributed by atoms with Crippen LogP contribution in [0.4, 0.5) is 0 Å². The maximum atomic E-state index is 13.5. The average molecular weight is 530 g/mol. The number of fused-ring (bicyclic) bond motifs is 1. The predicted molar refractivity (Wildman–Crippen MR) is 143 cm³/mol. The largest absolute Gasteiger partial charge is 0.352 e. The third-order valence-electron chi connectivity index (χ3n) is 6.25. The van der Waals surface area contributed by atoms with Crippen LogP contribution in [0.15, 0.2) is 71.6 Å². The van der Waals surface area contributed by atoms with Crippen LogP contribution in [-0.2, 0) is 26.2 Å². The summed E-state index contributed by atoms with van der Waals surface area (Å²) < 4.78 is 27.6. The summed E-state index contributed by atoms with van der Waals surface area (Å²) in [5.41, 5.74) is 0.663. The van der Waals surface area contributed by atoms with Crippen LogP contribution in [0.5, 0.6) is 0 Å². The Morgan fingerprint density at radius 3 is 2.28 bits per heavy atom. The third-order valence-corrected chi connectivity index (χ3v) is 8.42. The molecule has 0 spiro atoms. The van der Waals surface area contributed by atoms with Crippen molar-refractivity contribution in [2.75, 3.05) is 13.6 Å². The first-order chi connectivity index (χ1) is 17.0. The van der Waals surface area contributed by atoms with Crippen molar-refractivity contribution in [1.29, 1.82) is 0 Å². The summed E-state index contributed by atoms with van der Waals surface area (Å²) >= 11 is 6.33. The summed E-state index contributed by atoms with van der Waals surface area (Å²) in [6.45, 7) is 5.10. The van der Waals surface area contributed by atoms with Gasteiger partial charge in [-0.25, -0.2) is 8.42 Å². The van der Waals surface area contributed by atoms with Crippen molar-refractivity contribution in [1.82, 2.24) is 14.5 Å². The molecule has 0 fully saturated rings. The van der Waals surface area contributed by atoms with Gasteiger partial charge in [-0.1, -0.05) is 67.1 Å². The summed E-state index contributed by atoms with van der Waals surface area (Å²) in [5.74, 6) is -0.821. The van der Waals surface area contributed by atoms with Gasteiger partial charge in [0.15, 0.2) is 0 Å². The lowest BCUT2D eigenvalue weighted by molar-refractivity contribution is -0.140. The second-order valence-electron chi connectivity index (χ2n) is 8.88. The van der Waals surface area contributed by atoms with Crippen LogP contribution in [0.25, 0.3) is 10.8 Å². The number of benzene rings is 3. The van der Waals surface area contributed by atoms with E-state index in [1.54, 1.807) is 43.3 Å². The lowest BCUT2D eigenvalue weighted by Gasteiger charge is -2.31. The van der Waals surface area contributed by atoms with E-state index in [2.05, 4.69) is 5.32 Å². The van der Waals surface area contributed by atoms with Gasteiger partial charge in [-0.3, -0.25) is 9.59 Å². The summed E-state index contributed by atoms with van der Waals surface area (Å²) in [5, 5.41) is 5.06. The van der Waals surface area contributed by atoms with Crippen LogP contribution >= 0.6 is 11.6 Å². The van der Waals surface area contributed by atoms with Gasteiger partial charge in [-0.2, -0.15) is 4.31 Å². The van der Waals surface area contributed by atoms with Crippen LogP contribution in [0.3, 0.4) is 0 Å². The first-order valence-corrected chi connectivity index (χ1v) is 13.6. The average Bonchev–Trinajstić information content (AvgIpc) is 2.87. The highest BCUT2D eigenvalue weighted by Crippen LogP contribution is 2.23. The molecule has 2 amide bonds. The molecule has 1 N–H and O–H groups in total. The number of nitrogens with one attached hydrogen (secondary N) is 1. The van der Waals surface area contributed by atoms with Crippen molar-refractivity contribution in [3.8, 4) is 0 Å². The van der Waals surface area contributed by atoms with Gasteiger partial charge in [0.05, 0.1) is 11.4 Å². The smallest absolute Gasteiger partial charge is 0.243 e. The Bertz CT molecular complexity index is 1350. The topological polar surface area (TPSA) is 86.8 Å². The zero-order chi connectivity index (χ0) is 26.5. The molecule has 0 radical (unpaired) electrons. The first-order valence-electron chi connectivity index (χ1n) is 11.8. The molecule has 0 unspecified atom stereocenters. The molecular weight excluding hydrogens is 498 g/mol. The zero-order valence-electron chi connectivity index (χ0n) is 20.9. The number of likely N-dealkylation sites (N-methyl/N-ethyl adjacent to an activating group) is 1. The number of nitrogens with zero attached hydrogens (tertiary/aromatic N) is 2. The van der Waals surface area contributed by atoms with Crippen molar-refractivity contribution in [3.05, 3.63) is 77.3 Å². The zero-order valence-corrected chi connectivity index (χ0v) is 22.5.